The highest BCUT2D eigenvalue weighted by molar-refractivity contribution is 7.99. The second-order valence-corrected chi connectivity index (χ2v) is 5.36. The van der Waals surface area contributed by atoms with Crippen molar-refractivity contribution in [2.24, 2.45) is 5.92 Å². The monoisotopic (exact) mass is 225 g/mol. The molecule has 4 heteroatoms. The summed E-state index contributed by atoms with van der Waals surface area (Å²) in [5.41, 5.74) is 1.14. The molecule has 0 saturated carbocycles. The van der Waals surface area contributed by atoms with E-state index in [0.717, 1.165) is 10.6 Å². The standard InChI is InChI=1S/C11H19N3S/c1-7(2)9(4)15-10-8(3)6-13-11(12-5)14-10/h6-7,9H,1-5H3,(H,12,13,14). The first-order valence-corrected chi connectivity index (χ1v) is 6.10. The Balaban J connectivity index is 2.83. The maximum Gasteiger partial charge on any atom is 0.223 e. The van der Waals surface area contributed by atoms with E-state index >= 15 is 0 Å². The number of hydrogen-bond acceptors (Lipinski definition) is 4. The predicted octanol–water partition coefficient (Wildman–Crippen LogP) is 2.96. The molecular weight excluding hydrogens is 206 g/mol. The van der Waals surface area contributed by atoms with Crippen LogP contribution in [0.3, 0.4) is 0 Å². The highest BCUT2D eigenvalue weighted by Crippen LogP contribution is 2.28. The van der Waals surface area contributed by atoms with Crippen LogP contribution in [-0.2, 0) is 0 Å². The Morgan fingerprint density at radius 3 is 2.53 bits per heavy atom. The van der Waals surface area contributed by atoms with Crippen molar-refractivity contribution in [3.63, 3.8) is 0 Å². The minimum atomic E-state index is 0.573. The lowest BCUT2D eigenvalue weighted by Crippen LogP contribution is -2.07. The zero-order chi connectivity index (χ0) is 11.4. The summed E-state index contributed by atoms with van der Waals surface area (Å²) < 4.78 is 0. The van der Waals surface area contributed by atoms with Crippen molar-refractivity contribution >= 4 is 17.7 Å². The van der Waals surface area contributed by atoms with Gasteiger partial charge in [0.25, 0.3) is 0 Å². The SMILES string of the molecule is CNc1ncc(C)c(SC(C)C(C)C)n1. The predicted molar refractivity (Wildman–Crippen MR) is 66.5 cm³/mol. The second-order valence-electron chi connectivity index (χ2n) is 4.00. The lowest BCUT2D eigenvalue weighted by Gasteiger charge is -2.15. The fraction of sp³-hybridized carbons (Fsp3) is 0.636. The number of nitrogens with zero attached hydrogens (tertiary/aromatic N) is 2. The summed E-state index contributed by atoms with van der Waals surface area (Å²) in [4.78, 5) is 8.63. The average molecular weight is 225 g/mol. The van der Waals surface area contributed by atoms with Crippen LogP contribution in [0.25, 0.3) is 0 Å². The minimum Gasteiger partial charge on any atom is -0.357 e. The number of hydrogen-bond donors (Lipinski definition) is 1. The van der Waals surface area contributed by atoms with Crippen LogP contribution in [0.1, 0.15) is 26.3 Å². The Kier molecular flexibility index (Phi) is 4.39. The van der Waals surface area contributed by atoms with Gasteiger partial charge in [-0.2, -0.15) is 0 Å². The highest BCUT2D eigenvalue weighted by atomic mass is 32.2. The van der Waals surface area contributed by atoms with E-state index in [0.29, 0.717) is 17.1 Å². The molecule has 84 valence electrons. The van der Waals surface area contributed by atoms with Crippen LogP contribution in [0.15, 0.2) is 11.2 Å². The van der Waals surface area contributed by atoms with Crippen molar-refractivity contribution in [2.75, 3.05) is 12.4 Å². The molecule has 0 aromatic carbocycles. The van der Waals surface area contributed by atoms with Crippen LogP contribution in [-0.4, -0.2) is 22.3 Å². The molecule has 0 aliphatic carbocycles. The Morgan fingerprint density at radius 2 is 2.00 bits per heavy atom. The molecule has 1 heterocycles. The molecule has 0 amide bonds. The van der Waals surface area contributed by atoms with Crippen LogP contribution in [0, 0.1) is 12.8 Å². The van der Waals surface area contributed by atoms with E-state index in [-0.39, 0.29) is 0 Å². The van der Waals surface area contributed by atoms with Gasteiger partial charge in [-0.3, -0.25) is 0 Å². The Morgan fingerprint density at radius 1 is 1.33 bits per heavy atom. The average Bonchev–Trinajstić information content (AvgIpc) is 2.21. The first-order valence-electron chi connectivity index (χ1n) is 5.22. The van der Waals surface area contributed by atoms with E-state index < -0.39 is 0 Å². The molecule has 0 spiro atoms. The van der Waals surface area contributed by atoms with Gasteiger partial charge in [0, 0.05) is 18.5 Å². The third kappa shape index (κ3) is 3.38. The van der Waals surface area contributed by atoms with Gasteiger partial charge >= 0.3 is 0 Å². The van der Waals surface area contributed by atoms with Gasteiger partial charge in [0.05, 0.1) is 0 Å². The molecule has 0 aliphatic heterocycles. The van der Waals surface area contributed by atoms with Crippen molar-refractivity contribution in [1.29, 1.82) is 0 Å². The van der Waals surface area contributed by atoms with E-state index in [9.17, 15) is 0 Å². The number of aryl methyl sites for hydroxylation is 1. The molecule has 0 bridgehead atoms. The number of anilines is 1. The van der Waals surface area contributed by atoms with Crippen LogP contribution in [0.2, 0.25) is 0 Å². The maximum atomic E-state index is 4.45. The van der Waals surface area contributed by atoms with Gasteiger partial charge in [-0.05, 0) is 18.4 Å². The van der Waals surface area contributed by atoms with Gasteiger partial charge in [-0.25, -0.2) is 9.97 Å². The Labute approximate surface area is 96.1 Å². The molecular formula is C11H19N3S. The lowest BCUT2D eigenvalue weighted by atomic mass is 10.2. The molecule has 1 N–H and O–H groups in total. The summed E-state index contributed by atoms with van der Waals surface area (Å²) in [6, 6.07) is 0. The van der Waals surface area contributed by atoms with Crippen LogP contribution in [0.5, 0.6) is 0 Å². The van der Waals surface area contributed by atoms with Crippen molar-refractivity contribution in [2.45, 2.75) is 38.0 Å². The van der Waals surface area contributed by atoms with Crippen LogP contribution < -0.4 is 5.32 Å². The lowest BCUT2D eigenvalue weighted by molar-refractivity contribution is 0.641. The number of thioether (sulfide) groups is 1. The summed E-state index contributed by atoms with van der Waals surface area (Å²) in [5.74, 6) is 1.35. The Bertz CT molecular complexity index is 326. The molecule has 1 rings (SSSR count). The van der Waals surface area contributed by atoms with E-state index in [1.807, 2.05) is 25.0 Å². The Hall–Kier alpha value is -0.770. The molecule has 1 aromatic rings. The fourth-order valence-electron chi connectivity index (χ4n) is 0.978. The van der Waals surface area contributed by atoms with Gasteiger partial charge in [0.2, 0.25) is 5.95 Å². The summed E-state index contributed by atoms with van der Waals surface area (Å²) in [7, 11) is 1.84. The van der Waals surface area contributed by atoms with Crippen LogP contribution in [0.4, 0.5) is 5.95 Å². The molecule has 1 atom stereocenters. The maximum absolute atomic E-state index is 4.45. The zero-order valence-electron chi connectivity index (χ0n) is 10.0. The fourth-order valence-corrected chi connectivity index (χ4v) is 1.98. The smallest absolute Gasteiger partial charge is 0.223 e. The summed E-state index contributed by atoms with van der Waals surface area (Å²) in [5, 5.41) is 4.61. The van der Waals surface area contributed by atoms with Gasteiger partial charge in [-0.15, -0.1) is 11.8 Å². The summed E-state index contributed by atoms with van der Waals surface area (Å²) in [6.07, 6.45) is 1.87. The minimum absolute atomic E-state index is 0.573. The van der Waals surface area contributed by atoms with Crippen molar-refractivity contribution in [3.05, 3.63) is 11.8 Å². The third-order valence-corrected chi connectivity index (χ3v) is 3.94. The molecule has 15 heavy (non-hydrogen) atoms. The van der Waals surface area contributed by atoms with Gasteiger partial charge in [0.1, 0.15) is 5.03 Å². The van der Waals surface area contributed by atoms with Crippen molar-refractivity contribution < 1.29 is 0 Å². The third-order valence-electron chi connectivity index (χ3n) is 2.39. The normalized spacial score (nSPS) is 12.9. The topological polar surface area (TPSA) is 37.8 Å². The molecule has 3 nitrogen and oxygen atoms in total. The van der Waals surface area contributed by atoms with Crippen molar-refractivity contribution in [3.8, 4) is 0 Å². The number of rotatable bonds is 4. The first kappa shape index (κ1) is 12.3. The molecule has 0 radical (unpaired) electrons. The zero-order valence-corrected chi connectivity index (χ0v) is 10.9. The quantitative estimate of drug-likeness (QED) is 0.631. The van der Waals surface area contributed by atoms with Crippen molar-refractivity contribution in [1.82, 2.24) is 9.97 Å². The largest absolute Gasteiger partial charge is 0.357 e. The highest BCUT2D eigenvalue weighted by Gasteiger charge is 2.12. The number of nitrogens with one attached hydrogen (secondary N) is 1. The van der Waals surface area contributed by atoms with Gasteiger partial charge in [0.15, 0.2) is 0 Å². The summed E-state index contributed by atoms with van der Waals surface area (Å²) in [6.45, 7) is 8.74. The first-order chi connectivity index (χ1) is 7.04. The van der Waals surface area contributed by atoms with E-state index in [1.54, 1.807) is 0 Å². The number of aromatic nitrogens is 2. The van der Waals surface area contributed by atoms with Gasteiger partial charge in [-0.1, -0.05) is 20.8 Å². The van der Waals surface area contributed by atoms with Gasteiger partial charge < -0.3 is 5.32 Å². The van der Waals surface area contributed by atoms with Crippen LogP contribution >= 0.6 is 11.8 Å². The molecule has 0 fully saturated rings. The molecule has 0 aliphatic rings. The molecule has 1 aromatic heterocycles. The van der Waals surface area contributed by atoms with E-state index in [1.165, 1.54) is 0 Å². The van der Waals surface area contributed by atoms with E-state index in [4.69, 9.17) is 0 Å². The molecule has 0 saturated heterocycles. The summed E-state index contributed by atoms with van der Waals surface area (Å²) >= 11 is 1.82. The molecule has 1 unspecified atom stereocenters. The van der Waals surface area contributed by atoms with E-state index in [2.05, 4.69) is 43.0 Å². The second kappa shape index (κ2) is 5.35.